The van der Waals surface area contributed by atoms with Crippen molar-refractivity contribution in [2.45, 2.75) is 37.0 Å². The molecule has 0 heteroatoms. The van der Waals surface area contributed by atoms with Crippen LogP contribution in [-0.2, 0) is 5.41 Å². The molecule has 0 aromatic heterocycles. The van der Waals surface area contributed by atoms with Crippen LogP contribution in [0.1, 0.15) is 48.3 Å². The molecular formula is C24H24. The van der Waals surface area contributed by atoms with Crippen molar-refractivity contribution in [3.05, 3.63) is 108 Å². The van der Waals surface area contributed by atoms with Crippen LogP contribution < -0.4 is 0 Å². The Balaban J connectivity index is 1.94. The van der Waals surface area contributed by atoms with Crippen LogP contribution in [0.15, 0.2) is 91.0 Å². The molecule has 0 radical (unpaired) electrons. The van der Waals surface area contributed by atoms with Gasteiger partial charge in [-0.25, -0.2) is 0 Å². The summed E-state index contributed by atoms with van der Waals surface area (Å²) in [5.74, 6) is 0.539. The normalized spacial score (nSPS) is 19.8. The minimum atomic E-state index is 0.0854. The fraction of sp³-hybridized carbons (Fsp3) is 0.250. The Bertz CT molecular complexity index is 719. The SMILES string of the molecule is c1ccc(C2CCCCC2(c2ccccc2)c2ccccc2)cc1. The Labute approximate surface area is 145 Å². The van der Waals surface area contributed by atoms with Gasteiger partial charge in [0, 0.05) is 5.41 Å². The van der Waals surface area contributed by atoms with Crippen LogP contribution in [0.25, 0.3) is 0 Å². The predicted octanol–water partition coefficient (Wildman–Crippen LogP) is 6.33. The summed E-state index contributed by atoms with van der Waals surface area (Å²) >= 11 is 0. The molecule has 1 saturated carbocycles. The number of rotatable bonds is 3. The minimum Gasteiger partial charge on any atom is -0.0622 e. The van der Waals surface area contributed by atoms with Gasteiger partial charge in [-0.15, -0.1) is 0 Å². The van der Waals surface area contributed by atoms with E-state index in [-0.39, 0.29) is 5.41 Å². The summed E-state index contributed by atoms with van der Waals surface area (Å²) in [6.07, 6.45) is 5.10. The van der Waals surface area contributed by atoms with Gasteiger partial charge in [-0.05, 0) is 35.4 Å². The highest BCUT2D eigenvalue weighted by molar-refractivity contribution is 5.45. The Hall–Kier alpha value is -2.34. The highest BCUT2D eigenvalue weighted by Gasteiger charge is 2.43. The fourth-order valence-corrected chi connectivity index (χ4v) is 4.64. The molecule has 0 aliphatic heterocycles. The van der Waals surface area contributed by atoms with E-state index >= 15 is 0 Å². The van der Waals surface area contributed by atoms with E-state index in [4.69, 9.17) is 0 Å². The second kappa shape index (κ2) is 6.65. The van der Waals surface area contributed by atoms with E-state index in [9.17, 15) is 0 Å². The zero-order valence-corrected chi connectivity index (χ0v) is 14.1. The van der Waals surface area contributed by atoms with Crippen LogP contribution in [0.4, 0.5) is 0 Å². The molecule has 1 unspecified atom stereocenters. The second-order valence-corrected chi connectivity index (χ2v) is 6.91. The molecule has 0 amide bonds. The van der Waals surface area contributed by atoms with Gasteiger partial charge >= 0.3 is 0 Å². The predicted molar refractivity (Wildman–Crippen MR) is 101 cm³/mol. The van der Waals surface area contributed by atoms with Crippen LogP contribution in [-0.4, -0.2) is 0 Å². The lowest BCUT2D eigenvalue weighted by molar-refractivity contribution is 0.295. The van der Waals surface area contributed by atoms with E-state index < -0.39 is 0 Å². The van der Waals surface area contributed by atoms with Gasteiger partial charge in [-0.1, -0.05) is 104 Å². The third-order valence-electron chi connectivity index (χ3n) is 5.69. The Morgan fingerprint density at radius 1 is 0.583 bits per heavy atom. The van der Waals surface area contributed by atoms with Gasteiger partial charge in [0.2, 0.25) is 0 Å². The lowest BCUT2D eigenvalue weighted by Crippen LogP contribution is -2.37. The van der Waals surface area contributed by atoms with E-state index in [0.717, 1.165) is 0 Å². The van der Waals surface area contributed by atoms with Crippen molar-refractivity contribution in [2.24, 2.45) is 0 Å². The Morgan fingerprint density at radius 2 is 1.08 bits per heavy atom. The average molecular weight is 312 g/mol. The van der Waals surface area contributed by atoms with Crippen LogP contribution in [0.2, 0.25) is 0 Å². The van der Waals surface area contributed by atoms with E-state index in [0.29, 0.717) is 5.92 Å². The molecule has 0 N–H and O–H groups in total. The van der Waals surface area contributed by atoms with Crippen LogP contribution >= 0.6 is 0 Å². The van der Waals surface area contributed by atoms with Crippen molar-refractivity contribution in [1.29, 1.82) is 0 Å². The van der Waals surface area contributed by atoms with Gasteiger partial charge < -0.3 is 0 Å². The van der Waals surface area contributed by atoms with Gasteiger partial charge in [0.1, 0.15) is 0 Å². The topological polar surface area (TPSA) is 0 Å². The quantitative estimate of drug-likeness (QED) is 0.530. The molecule has 1 aliphatic rings. The second-order valence-electron chi connectivity index (χ2n) is 6.91. The number of hydrogen-bond donors (Lipinski definition) is 0. The number of hydrogen-bond acceptors (Lipinski definition) is 0. The lowest BCUT2D eigenvalue weighted by atomic mass is 9.57. The van der Waals surface area contributed by atoms with Crippen molar-refractivity contribution < 1.29 is 0 Å². The van der Waals surface area contributed by atoms with Crippen LogP contribution in [0, 0.1) is 0 Å². The monoisotopic (exact) mass is 312 g/mol. The average Bonchev–Trinajstić information content (AvgIpc) is 2.70. The van der Waals surface area contributed by atoms with E-state index in [2.05, 4.69) is 91.0 Å². The Morgan fingerprint density at radius 3 is 1.62 bits per heavy atom. The summed E-state index contributed by atoms with van der Waals surface area (Å²) in [7, 11) is 0. The lowest BCUT2D eigenvalue weighted by Gasteiger charge is -2.46. The molecule has 0 spiro atoms. The first-order valence-corrected chi connectivity index (χ1v) is 9.07. The molecule has 1 fully saturated rings. The van der Waals surface area contributed by atoms with Gasteiger partial charge in [0.25, 0.3) is 0 Å². The summed E-state index contributed by atoms with van der Waals surface area (Å²) < 4.78 is 0. The maximum Gasteiger partial charge on any atom is 0.0271 e. The fourth-order valence-electron chi connectivity index (χ4n) is 4.64. The van der Waals surface area contributed by atoms with Crippen molar-refractivity contribution in [3.63, 3.8) is 0 Å². The summed E-state index contributed by atoms with van der Waals surface area (Å²) in [5.41, 5.74) is 4.49. The van der Waals surface area contributed by atoms with Gasteiger partial charge in [-0.2, -0.15) is 0 Å². The van der Waals surface area contributed by atoms with Gasteiger partial charge in [-0.3, -0.25) is 0 Å². The zero-order valence-electron chi connectivity index (χ0n) is 14.1. The van der Waals surface area contributed by atoms with E-state index in [1.54, 1.807) is 0 Å². The van der Waals surface area contributed by atoms with Gasteiger partial charge in [0.05, 0.1) is 0 Å². The molecule has 0 bridgehead atoms. The summed E-state index contributed by atoms with van der Waals surface area (Å²) in [6, 6.07) is 33.5. The smallest absolute Gasteiger partial charge is 0.0271 e. The first-order chi connectivity index (χ1) is 11.9. The van der Waals surface area contributed by atoms with Crippen molar-refractivity contribution >= 4 is 0 Å². The van der Waals surface area contributed by atoms with Crippen molar-refractivity contribution in [2.75, 3.05) is 0 Å². The highest BCUT2D eigenvalue weighted by atomic mass is 14.5. The van der Waals surface area contributed by atoms with E-state index in [1.165, 1.54) is 42.4 Å². The molecule has 1 atom stereocenters. The first kappa shape index (κ1) is 15.2. The molecule has 4 rings (SSSR count). The maximum absolute atomic E-state index is 2.33. The van der Waals surface area contributed by atoms with E-state index in [1.807, 2.05) is 0 Å². The number of benzene rings is 3. The standard InChI is InChI=1S/C24H24/c1-4-12-20(13-5-1)23-18-10-11-19-24(23,21-14-6-2-7-15-21)22-16-8-3-9-17-22/h1-9,12-17,23H,10-11,18-19H2. The van der Waals surface area contributed by atoms with Crippen molar-refractivity contribution in [1.82, 2.24) is 0 Å². The highest BCUT2D eigenvalue weighted by Crippen LogP contribution is 2.53. The summed E-state index contributed by atoms with van der Waals surface area (Å²) in [5, 5.41) is 0. The molecule has 3 aromatic rings. The molecule has 3 aromatic carbocycles. The molecule has 0 heterocycles. The molecule has 120 valence electrons. The molecule has 24 heavy (non-hydrogen) atoms. The minimum absolute atomic E-state index is 0.0854. The third-order valence-corrected chi connectivity index (χ3v) is 5.69. The maximum atomic E-state index is 2.33. The van der Waals surface area contributed by atoms with Gasteiger partial charge in [0.15, 0.2) is 0 Å². The first-order valence-electron chi connectivity index (χ1n) is 9.07. The molecular weight excluding hydrogens is 288 g/mol. The Kier molecular flexibility index (Phi) is 4.21. The largest absolute Gasteiger partial charge is 0.0622 e. The zero-order chi connectivity index (χ0) is 16.2. The van der Waals surface area contributed by atoms with Crippen LogP contribution in [0.3, 0.4) is 0 Å². The molecule has 0 saturated heterocycles. The van der Waals surface area contributed by atoms with Crippen LogP contribution in [0.5, 0.6) is 0 Å². The van der Waals surface area contributed by atoms with Crippen molar-refractivity contribution in [3.8, 4) is 0 Å². The molecule has 0 nitrogen and oxygen atoms in total. The summed E-state index contributed by atoms with van der Waals surface area (Å²) in [4.78, 5) is 0. The molecule has 1 aliphatic carbocycles. The summed E-state index contributed by atoms with van der Waals surface area (Å²) in [6.45, 7) is 0. The third kappa shape index (κ3) is 2.57.